The van der Waals surface area contributed by atoms with Crippen LogP contribution in [0.1, 0.15) is 38.2 Å². The molecule has 0 aliphatic carbocycles. The van der Waals surface area contributed by atoms with Crippen LogP contribution in [0.2, 0.25) is 0 Å². The molecule has 4 rings (SSSR count). The number of nitrogens with two attached hydrogens (primary N) is 1. The molecule has 0 fully saturated rings. The Morgan fingerprint density at radius 3 is 1.59 bits per heavy atom. The Bertz CT molecular complexity index is 2190. The summed E-state index contributed by atoms with van der Waals surface area (Å²) in [5.74, 6) is -3.66. The lowest BCUT2D eigenvalue weighted by Gasteiger charge is -2.38. The van der Waals surface area contributed by atoms with E-state index >= 15 is 0 Å². The van der Waals surface area contributed by atoms with Crippen LogP contribution in [0.25, 0.3) is 0 Å². The van der Waals surface area contributed by atoms with E-state index in [2.05, 4.69) is 68.7 Å². The predicted molar refractivity (Wildman–Crippen MR) is 204 cm³/mol. The highest BCUT2D eigenvalue weighted by atomic mass is 79.9. The van der Waals surface area contributed by atoms with Crippen molar-refractivity contribution < 1.29 is 73.8 Å². The molecule has 21 N–H and O–H groups in total. The molecule has 1 aliphatic rings. The number of carbonyl (C=O) groups excluding carboxylic acids is 3. The minimum atomic E-state index is -6.48. The SMILES string of the molecule is NC(=O)[C@H](Cc1ccc(C(F)(F)P(=O)([O-])[O-])c(Br)c1)NC(=O)[C@H](Cc1ccc(C(F)(F)P(=O)([O-])O)c(Br)c1)NC(=O)c1cc(Br)cc(C2(C(F)(F)F)N=N2)c1.[NH4+].[NH4+].[NH4+].[NH4+]. The second-order valence-electron chi connectivity index (χ2n) is 11.7. The second kappa shape index (κ2) is 19.6. The van der Waals surface area contributed by atoms with Crippen LogP contribution in [0.15, 0.2) is 78.2 Å². The number of rotatable bonds is 14. The van der Waals surface area contributed by atoms with Crippen LogP contribution in [0.3, 0.4) is 0 Å². The normalized spacial score (nSPS) is 15.4. The number of hydrogen-bond donors (Lipinski definition) is 8. The van der Waals surface area contributed by atoms with Gasteiger partial charge in [-0.2, -0.15) is 30.7 Å². The Labute approximate surface area is 353 Å². The van der Waals surface area contributed by atoms with Gasteiger partial charge < -0.3 is 69.7 Å². The third-order valence-electron chi connectivity index (χ3n) is 7.83. The molecule has 0 saturated heterocycles. The summed E-state index contributed by atoms with van der Waals surface area (Å²) < 4.78 is 120. The smallest absolute Gasteiger partial charge is 0.442 e. The van der Waals surface area contributed by atoms with Crippen molar-refractivity contribution in [3.63, 3.8) is 0 Å². The van der Waals surface area contributed by atoms with Gasteiger partial charge in [0, 0.05) is 56.1 Å². The van der Waals surface area contributed by atoms with Crippen molar-refractivity contribution in [1.29, 1.82) is 0 Å². The fourth-order valence-corrected chi connectivity index (χ4v) is 8.08. The number of hydrogen-bond acceptors (Lipinski definition) is 10. The molecule has 0 spiro atoms. The predicted octanol–water partition coefficient (Wildman–Crippen LogP) is 5.77. The van der Waals surface area contributed by atoms with Gasteiger partial charge in [0.15, 0.2) is 0 Å². The Kier molecular flexibility index (Phi) is 18.6. The van der Waals surface area contributed by atoms with E-state index in [1.165, 1.54) is 0 Å². The third kappa shape index (κ3) is 12.0. The molecule has 18 nitrogen and oxygen atoms in total. The Morgan fingerprint density at radius 2 is 1.20 bits per heavy atom. The van der Waals surface area contributed by atoms with Crippen LogP contribution in [-0.4, -0.2) is 40.9 Å². The van der Waals surface area contributed by atoms with E-state index in [0.29, 0.717) is 12.1 Å². The zero-order valence-electron chi connectivity index (χ0n) is 30.6. The number of nitrogens with zero attached hydrogens (tertiary/aromatic N) is 2. The average molecular weight is 1090 g/mol. The van der Waals surface area contributed by atoms with E-state index in [1.54, 1.807) is 0 Å². The highest BCUT2D eigenvalue weighted by molar-refractivity contribution is 9.11. The highest BCUT2D eigenvalue weighted by Crippen LogP contribution is 2.58. The molecule has 1 unspecified atom stereocenters. The minimum Gasteiger partial charge on any atom is -0.806 e. The third-order valence-corrected chi connectivity index (χ3v) is 11.5. The van der Waals surface area contributed by atoms with Crippen molar-refractivity contribution in [3.05, 3.63) is 101 Å². The molecule has 0 aromatic heterocycles. The quantitative estimate of drug-likeness (QED) is 0.0716. The van der Waals surface area contributed by atoms with Gasteiger partial charge in [-0.3, -0.25) is 14.4 Å². The minimum absolute atomic E-state index is 0. The molecule has 30 heteroatoms. The van der Waals surface area contributed by atoms with Gasteiger partial charge in [0.25, 0.3) is 11.6 Å². The molecule has 0 radical (unpaired) electrons. The summed E-state index contributed by atoms with van der Waals surface area (Å²) in [5, 5.41) is 10.6. The monoisotopic (exact) mass is 1090 g/mol. The number of carbonyl (C=O) groups is 3. The number of benzene rings is 3. The van der Waals surface area contributed by atoms with E-state index in [9.17, 15) is 68.9 Å². The maximum absolute atomic E-state index is 14.4. The number of primary amides is 1. The fraction of sp³-hybridized carbons (Fsp3) is 0.276. The van der Waals surface area contributed by atoms with Crippen molar-refractivity contribution in [3.8, 4) is 0 Å². The summed E-state index contributed by atoms with van der Waals surface area (Å²) in [6.45, 7) is 0. The molecule has 3 aromatic rings. The number of alkyl halides is 7. The molecular formula is C29H36Br3F7N9O9P2+. The Morgan fingerprint density at radius 1 is 0.746 bits per heavy atom. The number of nitrogens with one attached hydrogen (secondary N) is 2. The van der Waals surface area contributed by atoms with Crippen LogP contribution in [-0.2, 0) is 48.6 Å². The number of halogens is 10. The van der Waals surface area contributed by atoms with Gasteiger partial charge in [-0.05, 0) is 41.5 Å². The van der Waals surface area contributed by atoms with Gasteiger partial charge in [-0.15, -0.1) is 10.2 Å². The van der Waals surface area contributed by atoms with Crippen molar-refractivity contribution in [1.82, 2.24) is 35.2 Å². The van der Waals surface area contributed by atoms with Gasteiger partial charge in [0.2, 0.25) is 19.4 Å². The van der Waals surface area contributed by atoms with Crippen molar-refractivity contribution >= 4 is 80.7 Å². The lowest BCUT2D eigenvalue weighted by atomic mass is 9.99. The first-order valence-corrected chi connectivity index (χ1v) is 20.1. The lowest BCUT2D eigenvalue weighted by molar-refractivity contribution is -0.335. The number of amides is 3. The molecule has 3 aromatic carbocycles. The van der Waals surface area contributed by atoms with Gasteiger partial charge in [0.1, 0.15) is 12.1 Å². The fourth-order valence-electron chi connectivity index (χ4n) is 4.94. The van der Waals surface area contributed by atoms with Crippen LogP contribution >= 0.6 is 63.0 Å². The summed E-state index contributed by atoms with van der Waals surface area (Å²) in [5.41, 5.74) is -10.7. The van der Waals surface area contributed by atoms with Gasteiger partial charge in [0.05, 0.1) is 0 Å². The standard InChI is InChI=1S/C29H23Br3F7N5O9P2.4H3N/c30-16-10-14(9-15(11-16)26(43-44-26)29(37,38)39)24(46)42-22(8-13-2-4-18(20(32)6-13)28(35,36)55(51,52)53)25(47)41-21(23(40)45)7-12-1-3-17(19(31)5-12)27(33,34)54(48,49)50;;;;/h1-6,9-11,21-22H,7-8H2,(H2,40,45)(H,41,47)(H,42,46)(H2,48,49,50)(H2,51,52,53);4*1H3/p+1/t21-,22-;;;;/m0..../s1. The van der Waals surface area contributed by atoms with Gasteiger partial charge in [-0.25, -0.2) is 0 Å². The molecule has 59 heavy (non-hydrogen) atoms. The van der Waals surface area contributed by atoms with E-state index in [4.69, 9.17) is 10.6 Å². The molecule has 330 valence electrons. The van der Waals surface area contributed by atoms with E-state index < -0.39 is 112 Å². The van der Waals surface area contributed by atoms with E-state index in [1.807, 2.05) is 0 Å². The van der Waals surface area contributed by atoms with Gasteiger partial charge >= 0.3 is 17.5 Å². The summed E-state index contributed by atoms with van der Waals surface area (Å²) >= 11 is 8.48. The zero-order chi connectivity index (χ0) is 41.7. The lowest BCUT2D eigenvalue weighted by Crippen LogP contribution is -2.54. The van der Waals surface area contributed by atoms with E-state index in [0.717, 1.165) is 42.5 Å². The Hall–Kier alpha value is -3.24. The maximum Gasteiger partial charge on any atom is 0.442 e. The van der Waals surface area contributed by atoms with Gasteiger partial charge in [-0.1, -0.05) is 72.1 Å². The number of quaternary nitrogens is 4. The highest BCUT2D eigenvalue weighted by Gasteiger charge is 2.65. The van der Waals surface area contributed by atoms with Crippen molar-refractivity contribution in [2.45, 2.75) is 48.1 Å². The molecule has 1 heterocycles. The molecule has 0 saturated carbocycles. The molecular weight excluding hydrogens is 1050 g/mol. The summed E-state index contributed by atoms with van der Waals surface area (Å²) in [4.78, 5) is 82.2. The van der Waals surface area contributed by atoms with E-state index in [-0.39, 0.29) is 40.2 Å². The first-order chi connectivity index (χ1) is 25.0. The topological polar surface area (TPSA) is 396 Å². The van der Waals surface area contributed by atoms with Crippen LogP contribution in [0.4, 0.5) is 30.7 Å². The van der Waals surface area contributed by atoms with Crippen LogP contribution in [0, 0.1) is 0 Å². The molecule has 1 aliphatic heterocycles. The molecule has 3 amide bonds. The van der Waals surface area contributed by atoms with Crippen LogP contribution in [0.5, 0.6) is 0 Å². The van der Waals surface area contributed by atoms with Crippen molar-refractivity contribution in [2.75, 3.05) is 0 Å². The first kappa shape index (κ1) is 55.8. The van der Waals surface area contributed by atoms with Crippen LogP contribution < -0.4 is 55.6 Å². The average Bonchev–Trinajstić information content (AvgIpc) is 3.85. The zero-order valence-corrected chi connectivity index (χ0v) is 37.2. The molecule has 0 bridgehead atoms. The molecule has 3 atom stereocenters. The second-order valence-corrected chi connectivity index (χ2v) is 17.5. The largest absolute Gasteiger partial charge is 0.806 e. The van der Waals surface area contributed by atoms with Crippen molar-refractivity contribution in [2.24, 2.45) is 16.0 Å². The summed E-state index contributed by atoms with van der Waals surface area (Å²) in [6, 6.07) is 4.03. The summed E-state index contributed by atoms with van der Waals surface area (Å²) in [7, 11) is -12.8. The first-order valence-electron chi connectivity index (χ1n) is 14.6. The maximum atomic E-state index is 14.4. The Balaban J connectivity index is 0.00000841. The summed E-state index contributed by atoms with van der Waals surface area (Å²) in [6.07, 6.45) is -6.20.